The van der Waals surface area contributed by atoms with Crippen molar-refractivity contribution < 1.29 is 18.7 Å². The van der Waals surface area contributed by atoms with Crippen molar-refractivity contribution in [3.8, 4) is 0 Å². The fraction of sp³-hybridized carbons (Fsp3) is 0.800. The third-order valence-electron chi connectivity index (χ3n) is 1.09. The van der Waals surface area contributed by atoms with Gasteiger partial charge < -0.3 is 15.2 Å². The van der Waals surface area contributed by atoms with Crippen molar-refractivity contribution in [2.24, 2.45) is 5.73 Å². The molecule has 0 radical (unpaired) electrons. The Kier molecular flexibility index (Phi) is 2.18. The summed E-state index contributed by atoms with van der Waals surface area (Å²) in [6.07, 6.45) is -2.21. The Bertz CT molecular complexity index is 133. The summed E-state index contributed by atoms with van der Waals surface area (Å²) < 4.78 is 21.4. The van der Waals surface area contributed by atoms with Crippen LogP contribution in [0.3, 0.4) is 0 Å². The molecule has 0 atom stereocenters. The molecular formula is C5H8FNO3. The molecule has 0 bridgehead atoms. The molecule has 1 saturated heterocycles. The summed E-state index contributed by atoms with van der Waals surface area (Å²) in [6, 6.07) is 0. The third kappa shape index (κ3) is 1.65. The van der Waals surface area contributed by atoms with E-state index in [1.807, 2.05) is 0 Å². The van der Waals surface area contributed by atoms with E-state index in [1.165, 1.54) is 0 Å². The van der Waals surface area contributed by atoms with Gasteiger partial charge in [0, 0.05) is 0 Å². The van der Waals surface area contributed by atoms with Crippen LogP contribution in [0.2, 0.25) is 0 Å². The standard InChI is InChI=1S/C5H8FNO3/c6-3-1-9-5(4(7)8)10-2-3/h3,5H,1-2H2,(H2,7,8). The number of nitrogens with two attached hydrogens (primary N) is 1. The number of amides is 1. The van der Waals surface area contributed by atoms with Crippen LogP contribution in [-0.4, -0.2) is 31.6 Å². The topological polar surface area (TPSA) is 61.6 Å². The van der Waals surface area contributed by atoms with Crippen LogP contribution in [0.15, 0.2) is 0 Å². The average molecular weight is 149 g/mol. The molecule has 0 aliphatic carbocycles. The van der Waals surface area contributed by atoms with E-state index in [0.717, 1.165) is 0 Å². The van der Waals surface area contributed by atoms with Gasteiger partial charge in [-0.2, -0.15) is 0 Å². The van der Waals surface area contributed by atoms with Gasteiger partial charge in [-0.3, -0.25) is 4.79 Å². The van der Waals surface area contributed by atoms with Gasteiger partial charge in [-0.25, -0.2) is 4.39 Å². The van der Waals surface area contributed by atoms with E-state index in [2.05, 4.69) is 9.47 Å². The highest BCUT2D eigenvalue weighted by Crippen LogP contribution is 2.06. The molecule has 0 aromatic carbocycles. The van der Waals surface area contributed by atoms with Gasteiger partial charge in [0.1, 0.15) is 6.17 Å². The summed E-state index contributed by atoms with van der Waals surface area (Å²) in [5.41, 5.74) is 4.80. The normalized spacial score (nSPS) is 33.7. The molecule has 58 valence electrons. The van der Waals surface area contributed by atoms with E-state index in [9.17, 15) is 9.18 Å². The molecule has 1 aliphatic rings. The van der Waals surface area contributed by atoms with Crippen LogP contribution in [-0.2, 0) is 14.3 Å². The van der Waals surface area contributed by atoms with Crippen molar-refractivity contribution >= 4 is 5.91 Å². The van der Waals surface area contributed by atoms with Gasteiger partial charge in [0.05, 0.1) is 13.2 Å². The fourth-order valence-electron chi connectivity index (χ4n) is 0.644. The smallest absolute Gasteiger partial charge is 0.274 e. The quantitative estimate of drug-likeness (QED) is 0.530. The summed E-state index contributed by atoms with van der Waals surface area (Å²) in [7, 11) is 0. The van der Waals surface area contributed by atoms with Crippen molar-refractivity contribution in [2.75, 3.05) is 13.2 Å². The predicted octanol–water partition coefficient (Wildman–Crippen LogP) is -0.817. The van der Waals surface area contributed by atoms with Gasteiger partial charge in [0.25, 0.3) is 5.91 Å². The number of carbonyl (C=O) groups excluding carboxylic acids is 1. The first-order valence-corrected chi connectivity index (χ1v) is 2.86. The maximum absolute atomic E-state index is 12.2. The minimum Gasteiger partial charge on any atom is -0.365 e. The lowest BCUT2D eigenvalue weighted by molar-refractivity contribution is -0.203. The molecule has 10 heavy (non-hydrogen) atoms. The first-order valence-electron chi connectivity index (χ1n) is 2.86. The predicted molar refractivity (Wildman–Crippen MR) is 29.8 cm³/mol. The largest absolute Gasteiger partial charge is 0.365 e. The van der Waals surface area contributed by atoms with Crippen molar-refractivity contribution in [1.29, 1.82) is 0 Å². The molecule has 2 N–H and O–H groups in total. The highest BCUT2D eigenvalue weighted by molar-refractivity contribution is 5.77. The molecule has 0 aromatic heterocycles. The number of hydrogen-bond acceptors (Lipinski definition) is 3. The number of ether oxygens (including phenoxy) is 2. The number of hydrogen-bond donors (Lipinski definition) is 1. The molecule has 1 amide bonds. The van der Waals surface area contributed by atoms with Crippen LogP contribution in [0.5, 0.6) is 0 Å². The zero-order valence-corrected chi connectivity index (χ0v) is 5.25. The maximum Gasteiger partial charge on any atom is 0.274 e. The van der Waals surface area contributed by atoms with E-state index >= 15 is 0 Å². The van der Waals surface area contributed by atoms with Crippen molar-refractivity contribution in [1.82, 2.24) is 0 Å². The molecule has 0 saturated carbocycles. The van der Waals surface area contributed by atoms with Crippen LogP contribution < -0.4 is 5.73 Å². The van der Waals surface area contributed by atoms with Crippen molar-refractivity contribution in [3.05, 3.63) is 0 Å². The van der Waals surface area contributed by atoms with Gasteiger partial charge in [0.2, 0.25) is 6.29 Å². The Hall–Kier alpha value is -0.680. The molecule has 4 nitrogen and oxygen atoms in total. The molecule has 1 rings (SSSR count). The molecule has 1 heterocycles. The van der Waals surface area contributed by atoms with Gasteiger partial charge in [-0.15, -0.1) is 0 Å². The Morgan fingerprint density at radius 3 is 2.40 bits per heavy atom. The van der Waals surface area contributed by atoms with E-state index in [0.29, 0.717) is 0 Å². The number of rotatable bonds is 1. The fourth-order valence-corrected chi connectivity index (χ4v) is 0.644. The lowest BCUT2D eigenvalue weighted by Crippen LogP contribution is -2.41. The summed E-state index contributed by atoms with van der Waals surface area (Å²) in [5, 5.41) is 0. The number of primary amides is 1. The second-order valence-corrected chi connectivity index (χ2v) is 2.00. The van der Waals surface area contributed by atoms with Crippen molar-refractivity contribution in [2.45, 2.75) is 12.5 Å². The van der Waals surface area contributed by atoms with Crippen LogP contribution in [0, 0.1) is 0 Å². The summed E-state index contributed by atoms with van der Waals surface area (Å²) in [6.45, 7) is -0.235. The Labute approximate surface area is 57.1 Å². The lowest BCUT2D eigenvalue weighted by atomic mass is 10.4. The third-order valence-corrected chi connectivity index (χ3v) is 1.09. The summed E-state index contributed by atoms with van der Waals surface area (Å²) in [5.74, 6) is -0.716. The molecule has 1 fully saturated rings. The zero-order valence-electron chi connectivity index (χ0n) is 5.25. The Morgan fingerprint density at radius 1 is 1.50 bits per heavy atom. The molecule has 5 heteroatoms. The Balaban J connectivity index is 2.33. The molecule has 1 aliphatic heterocycles. The number of alkyl halides is 1. The monoisotopic (exact) mass is 149 g/mol. The summed E-state index contributed by atoms with van der Waals surface area (Å²) >= 11 is 0. The van der Waals surface area contributed by atoms with E-state index in [-0.39, 0.29) is 13.2 Å². The van der Waals surface area contributed by atoms with Gasteiger partial charge in [-0.1, -0.05) is 0 Å². The molecule has 0 aromatic rings. The van der Waals surface area contributed by atoms with E-state index in [1.54, 1.807) is 0 Å². The second kappa shape index (κ2) is 2.94. The highest BCUT2D eigenvalue weighted by atomic mass is 19.1. The minimum atomic E-state index is -1.14. The van der Waals surface area contributed by atoms with Crippen molar-refractivity contribution in [3.63, 3.8) is 0 Å². The van der Waals surface area contributed by atoms with Crippen LogP contribution >= 0.6 is 0 Å². The SMILES string of the molecule is NC(=O)C1OCC(F)CO1. The minimum absolute atomic E-state index is 0.117. The molecule has 0 spiro atoms. The van der Waals surface area contributed by atoms with E-state index < -0.39 is 18.4 Å². The van der Waals surface area contributed by atoms with Gasteiger partial charge in [0.15, 0.2) is 0 Å². The Morgan fingerprint density at radius 2 is 2.00 bits per heavy atom. The summed E-state index contributed by atoms with van der Waals surface area (Å²) in [4.78, 5) is 10.3. The first-order chi connectivity index (χ1) is 4.70. The van der Waals surface area contributed by atoms with Crippen LogP contribution in [0.1, 0.15) is 0 Å². The maximum atomic E-state index is 12.2. The number of carbonyl (C=O) groups is 1. The van der Waals surface area contributed by atoms with E-state index in [4.69, 9.17) is 5.73 Å². The highest BCUT2D eigenvalue weighted by Gasteiger charge is 2.25. The van der Waals surface area contributed by atoms with Crippen LogP contribution in [0.25, 0.3) is 0 Å². The average Bonchev–Trinajstić information content (AvgIpc) is 1.88. The van der Waals surface area contributed by atoms with Crippen LogP contribution in [0.4, 0.5) is 4.39 Å². The second-order valence-electron chi connectivity index (χ2n) is 2.00. The first kappa shape index (κ1) is 7.43. The molecule has 0 unspecified atom stereocenters. The van der Waals surface area contributed by atoms with Gasteiger partial charge in [-0.05, 0) is 0 Å². The number of halogens is 1. The van der Waals surface area contributed by atoms with Gasteiger partial charge >= 0.3 is 0 Å². The lowest BCUT2D eigenvalue weighted by Gasteiger charge is -2.22. The molecular weight excluding hydrogens is 141 g/mol. The zero-order chi connectivity index (χ0) is 7.56.